The van der Waals surface area contributed by atoms with E-state index < -0.39 is 29.6 Å². The summed E-state index contributed by atoms with van der Waals surface area (Å²) in [6.07, 6.45) is 1.23. The number of carboxylic acids is 1. The number of aliphatic carboxylic acids is 1. The second kappa shape index (κ2) is 7.70. The van der Waals surface area contributed by atoms with Gasteiger partial charge in [-0.25, -0.2) is 13.6 Å². The fourth-order valence-electron chi connectivity index (χ4n) is 2.95. The molecule has 0 aromatic heterocycles. The topological polar surface area (TPSA) is 69.6 Å². The summed E-state index contributed by atoms with van der Waals surface area (Å²) in [6, 6.07) is 1.35. The highest BCUT2D eigenvalue weighted by atomic mass is 19.1. The van der Waals surface area contributed by atoms with Crippen LogP contribution in [0.25, 0.3) is 0 Å². The van der Waals surface area contributed by atoms with E-state index in [0.717, 1.165) is 31.3 Å². The molecule has 1 aliphatic heterocycles. The summed E-state index contributed by atoms with van der Waals surface area (Å²) < 4.78 is 27.1. The molecule has 1 atom stereocenters. The Morgan fingerprint density at radius 3 is 2.42 bits per heavy atom. The molecular formula is C17H22F2N2O3. The van der Waals surface area contributed by atoms with Gasteiger partial charge in [0.1, 0.15) is 11.6 Å². The van der Waals surface area contributed by atoms with Crippen LogP contribution in [0.4, 0.5) is 8.78 Å². The number of halogens is 2. The number of benzene rings is 1. The molecule has 132 valence electrons. The molecule has 0 radical (unpaired) electrons. The number of nitrogens with zero attached hydrogens (tertiary/aromatic N) is 1. The molecule has 1 saturated heterocycles. The number of nitrogens with one attached hydrogen (secondary N) is 1. The number of likely N-dealkylation sites (tertiary alicyclic amines) is 1. The van der Waals surface area contributed by atoms with Crippen LogP contribution in [0.3, 0.4) is 0 Å². The van der Waals surface area contributed by atoms with Crippen molar-refractivity contribution in [3.63, 3.8) is 0 Å². The van der Waals surface area contributed by atoms with Gasteiger partial charge in [0.25, 0.3) is 0 Å². The van der Waals surface area contributed by atoms with Crippen LogP contribution in [0.2, 0.25) is 0 Å². The average molecular weight is 340 g/mol. The largest absolute Gasteiger partial charge is 0.479 e. The molecule has 0 aliphatic carbocycles. The van der Waals surface area contributed by atoms with Crippen LogP contribution in [0.5, 0.6) is 0 Å². The highest BCUT2D eigenvalue weighted by Gasteiger charge is 2.31. The van der Waals surface area contributed by atoms with Crippen molar-refractivity contribution < 1.29 is 23.5 Å². The van der Waals surface area contributed by atoms with Crippen molar-refractivity contribution >= 4 is 11.9 Å². The van der Waals surface area contributed by atoms with E-state index in [-0.39, 0.29) is 11.5 Å². The summed E-state index contributed by atoms with van der Waals surface area (Å²) in [5.74, 6) is -3.80. The Morgan fingerprint density at radius 2 is 1.88 bits per heavy atom. The highest BCUT2D eigenvalue weighted by molar-refractivity contribution is 5.86. The van der Waals surface area contributed by atoms with Crippen LogP contribution in [0, 0.1) is 17.6 Å². The van der Waals surface area contributed by atoms with Crippen molar-refractivity contribution in [2.45, 2.75) is 38.8 Å². The predicted octanol–water partition coefficient (Wildman–Crippen LogP) is 2.33. The van der Waals surface area contributed by atoms with E-state index in [1.807, 2.05) is 0 Å². The third kappa shape index (κ3) is 4.29. The predicted molar refractivity (Wildman–Crippen MR) is 84.3 cm³/mol. The van der Waals surface area contributed by atoms with Crippen molar-refractivity contribution in [1.82, 2.24) is 10.2 Å². The van der Waals surface area contributed by atoms with Crippen molar-refractivity contribution in [2.75, 3.05) is 13.1 Å². The standard InChI is InChI=1S/C17H22F2N2O3/c1-10(2)21-7-5-11(6-8-21)16(22)20-15(17(23)24)13-9-12(18)3-4-14(13)19/h3-4,9-11,15H,5-8H2,1-2H3,(H,20,22)(H,23,24). The van der Waals surface area contributed by atoms with Gasteiger partial charge in [-0.1, -0.05) is 0 Å². The number of amides is 1. The molecular weight excluding hydrogens is 318 g/mol. The maximum absolute atomic E-state index is 13.8. The molecule has 2 rings (SSSR count). The lowest BCUT2D eigenvalue weighted by Crippen LogP contribution is -2.45. The molecule has 7 heteroatoms. The maximum atomic E-state index is 13.8. The van der Waals surface area contributed by atoms with Crippen LogP contribution in [-0.4, -0.2) is 41.0 Å². The molecule has 24 heavy (non-hydrogen) atoms. The molecule has 1 unspecified atom stereocenters. The van der Waals surface area contributed by atoms with E-state index in [1.165, 1.54) is 0 Å². The molecule has 1 fully saturated rings. The summed E-state index contributed by atoms with van der Waals surface area (Å²) in [5, 5.41) is 11.6. The summed E-state index contributed by atoms with van der Waals surface area (Å²) >= 11 is 0. The van der Waals surface area contributed by atoms with E-state index in [1.54, 1.807) is 0 Å². The Kier molecular flexibility index (Phi) is 5.88. The quantitative estimate of drug-likeness (QED) is 0.863. The molecule has 1 aromatic carbocycles. The minimum Gasteiger partial charge on any atom is -0.479 e. The second-order valence-corrected chi connectivity index (χ2v) is 6.35. The number of hydrogen-bond acceptors (Lipinski definition) is 3. The maximum Gasteiger partial charge on any atom is 0.331 e. The van der Waals surface area contributed by atoms with E-state index in [4.69, 9.17) is 0 Å². The third-order valence-electron chi connectivity index (χ3n) is 4.43. The monoisotopic (exact) mass is 340 g/mol. The lowest BCUT2D eigenvalue weighted by Gasteiger charge is -2.34. The average Bonchev–Trinajstić information content (AvgIpc) is 2.54. The van der Waals surface area contributed by atoms with Gasteiger partial charge < -0.3 is 15.3 Å². The van der Waals surface area contributed by atoms with Crippen LogP contribution in [0.15, 0.2) is 18.2 Å². The zero-order valence-corrected chi connectivity index (χ0v) is 13.8. The molecule has 1 aromatic rings. The van der Waals surface area contributed by atoms with Gasteiger partial charge in [0.2, 0.25) is 5.91 Å². The van der Waals surface area contributed by atoms with Crippen molar-refractivity contribution in [2.24, 2.45) is 5.92 Å². The number of piperidine rings is 1. The number of carbonyl (C=O) groups excluding carboxylic acids is 1. The third-order valence-corrected chi connectivity index (χ3v) is 4.43. The number of rotatable bonds is 5. The number of carboxylic acid groups (broad SMARTS) is 1. The summed E-state index contributed by atoms with van der Waals surface area (Å²) in [6.45, 7) is 5.66. The Morgan fingerprint density at radius 1 is 1.25 bits per heavy atom. The Balaban J connectivity index is 2.07. The fraction of sp³-hybridized carbons (Fsp3) is 0.529. The van der Waals surface area contributed by atoms with Crippen LogP contribution in [-0.2, 0) is 9.59 Å². The zero-order valence-electron chi connectivity index (χ0n) is 13.8. The Bertz CT molecular complexity index is 614. The fourth-order valence-corrected chi connectivity index (χ4v) is 2.95. The Hall–Kier alpha value is -2.02. The first-order valence-electron chi connectivity index (χ1n) is 8.01. The van der Waals surface area contributed by atoms with E-state index in [2.05, 4.69) is 24.1 Å². The molecule has 0 saturated carbocycles. The van der Waals surface area contributed by atoms with Gasteiger partial charge in [-0.15, -0.1) is 0 Å². The lowest BCUT2D eigenvalue weighted by molar-refractivity contribution is -0.143. The van der Waals surface area contributed by atoms with Crippen LogP contribution in [0.1, 0.15) is 38.3 Å². The van der Waals surface area contributed by atoms with E-state index in [9.17, 15) is 23.5 Å². The lowest BCUT2D eigenvalue weighted by atomic mass is 9.94. The van der Waals surface area contributed by atoms with Crippen molar-refractivity contribution in [3.8, 4) is 0 Å². The van der Waals surface area contributed by atoms with Gasteiger partial charge >= 0.3 is 5.97 Å². The normalized spacial score (nSPS) is 17.7. The molecule has 1 heterocycles. The van der Waals surface area contributed by atoms with Crippen molar-refractivity contribution in [3.05, 3.63) is 35.4 Å². The first kappa shape index (κ1) is 18.3. The van der Waals surface area contributed by atoms with E-state index >= 15 is 0 Å². The van der Waals surface area contributed by atoms with Gasteiger partial charge in [0.15, 0.2) is 6.04 Å². The first-order chi connectivity index (χ1) is 11.3. The van der Waals surface area contributed by atoms with Gasteiger partial charge in [-0.2, -0.15) is 0 Å². The molecule has 1 amide bonds. The zero-order chi connectivity index (χ0) is 17.9. The SMILES string of the molecule is CC(C)N1CCC(C(=O)NC(C(=O)O)c2cc(F)ccc2F)CC1. The smallest absolute Gasteiger partial charge is 0.331 e. The van der Waals surface area contributed by atoms with Crippen molar-refractivity contribution in [1.29, 1.82) is 0 Å². The van der Waals surface area contributed by atoms with E-state index in [0.29, 0.717) is 18.9 Å². The van der Waals surface area contributed by atoms with Gasteiger partial charge in [0, 0.05) is 17.5 Å². The van der Waals surface area contributed by atoms with Gasteiger partial charge in [0.05, 0.1) is 0 Å². The number of carbonyl (C=O) groups is 2. The summed E-state index contributed by atoms with van der Waals surface area (Å²) in [7, 11) is 0. The van der Waals surface area contributed by atoms with Gasteiger partial charge in [-0.3, -0.25) is 4.79 Å². The first-order valence-corrected chi connectivity index (χ1v) is 8.01. The Labute approximate surface area is 139 Å². The number of hydrogen-bond donors (Lipinski definition) is 2. The highest BCUT2D eigenvalue weighted by Crippen LogP contribution is 2.23. The summed E-state index contributed by atoms with van der Waals surface area (Å²) in [4.78, 5) is 26.0. The molecule has 0 spiro atoms. The minimum absolute atomic E-state index is 0.321. The molecule has 1 aliphatic rings. The summed E-state index contributed by atoms with van der Waals surface area (Å²) in [5.41, 5.74) is -0.379. The second-order valence-electron chi connectivity index (χ2n) is 6.35. The molecule has 2 N–H and O–H groups in total. The molecule has 0 bridgehead atoms. The van der Waals surface area contributed by atoms with Gasteiger partial charge in [-0.05, 0) is 58.0 Å². The van der Waals surface area contributed by atoms with Crippen LogP contribution >= 0.6 is 0 Å². The molecule has 5 nitrogen and oxygen atoms in total. The van der Waals surface area contributed by atoms with Crippen LogP contribution < -0.4 is 5.32 Å². The minimum atomic E-state index is -1.60.